The van der Waals surface area contributed by atoms with E-state index in [1.165, 1.54) is 48.8 Å². The van der Waals surface area contributed by atoms with E-state index in [0.29, 0.717) is 16.9 Å². The second kappa shape index (κ2) is 12.1. The van der Waals surface area contributed by atoms with Gasteiger partial charge in [0.25, 0.3) is 11.5 Å². The van der Waals surface area contributed by atoms with Gasteiger partial charge in [-0.05, 0) is 54.1 Å². The number of fused-ring (bicyclic) bond motifs is 1. The summed E-state index contributed by atoms with van der Waals surface area (Å²) in [6.45, 7) is -0.252. The topological polar surface area (TPSA) is 160 Å². The molecule has 1 unspecified atom stereocenters. The fraction of sp³-hybridized carbons (Fsp3) is 0.0667. The van der Waals surface area contributed by atoms with E-state index in [2.05, 4.69) is 35.9 Å². The van der Waals surface area contributed by atoms with Gasteiger partial charge in [0.2, 0.25) is 0 Å². The molecule has 220 valence electrons. The molecule has 0 spiro atoms. The van der Waals surface area contributed by atoms with Crippen molar-refractivity contribution in [2.45, 2.75) is 6.04 Å². The average Bonchev–Trinajstić information content (AvgIpc) is 3.46. The van der Waals surface area contributed by atoms with Gasteiger partial charge in [-0.3, -0.25) is 19.7 Å². The Bertz CT molecular complexity index is 2020. The number of rotatable bonds is 9. The number of benzene rings is 2. The van der Waals surface area contributed by atoms with Gasteiger partial charge in [0.1, 0.15) is 22.5 Å². The Labute approximate surface area is 247 Å². The van der Waals surface area contributed by atoms with Crippen molar-refractivity contribution >= 4 is 28.4 Å². The Morgan fingerprint density at radius 3 is 2.61 bits per heavy atom. The van der Waals surface area contributed by atoms with Crippen molar-refractivity contribution in [1.29, 1.82) is 0 Å². The van der Waals surface area contributed by atoms with Crippen LogP contribution in [0.2, 0.25) is 0 Å². The second-order valence-electron chi connectivity index (χ2n) is 9.41. The molecular formula is C30H22F2N8O4. The third-order valence-electron chi connectivity index (χ3n) is 6.58. The number of nitrogens with zero attached hydrogens (tertiary/aromatic N) is 5. The number of H-pyrrole nitrogens is 1. The summed E-state index contributed by atoms with van der Waals surface area (Å²) in [5.41, 5.74) is 0.427. The molecule has 6 rings (SSSR count). The van der Waals surface area contributed by atoms with Crippen molar-refractivity contribution in [2.75, 3.05) is 17.2 Å². The number of carbonyl (C=O) groups excluding carboxylic acids is 1. The Morgan fingerprint density at radius 1 is 1.02 bits per heavy atom. The predicted molar refractivity (Wildman–Crippen MR) is 156 cm³/mol. The van der Waals surface area contributed by atoms with Crippen LogP contribution in [0.5, 0.6) is 11.5 Å². The van der Waals surface area contributed by atoms with Gasteiger partial charge in [-0.15, -0.1) is 0 Å². The molecule has 0 radical (unpaired) electrons. The predicted octanol–water partition coefficient (Wildman–Crippen LogP) is 4.37. The highest BCUT2D eigenvalue weighted by molar-refractivity contribution is 6.04. The number of nitrogens with one attached hydrogen (secondary N) is 3. The summed E-state index contributed by atoms with van der Waals surface area (Å²) in [5, 5.41) is 27.0. The van der Waals surface area contributed by atoms with Gasteiger partial charge >= 0.3 is 0 Å². The number of hydrogen-bond acceptors (Lipinski definition) is 9. The summed E-state index contributed by atoms with van der Waals surface area (Å²) in [5.74, 6) is -1.69. The van der Waals surface area contributed by atoms with E-state index in [9.17, 15) is 19.1 Å². The molecule has 4 N–H and O–H groups in total. The molecular weight excluding hydrogens is 574 g/mol. The summed E-state index contributed by atoms with van der Waals surface area (Å²) in [6.07, 6.45) is 5.95. The highest BCUT2D eigenvalue weighted by Crippen LogP contribution is 2.35. The summed E-state index contributed by atoms with van der Waals surface area (Å²) in [4.78, 5) is 34.1. The van der Waals surface area contributed by atoms with Gasteiger partial charge in [-0.1, -0.05) is 6.07 Å². The molecule has 0 saturated carbocycles. The quantitative estimate of drug-likeness (QED) is 0.190. The molecule has 1 atom stereocenters. The lowest BCUT2D eigenvalue weighted by Crippen LogP contribution is -2.29. The minimum absolute atomic E-state index is 0.0668. The van der Waals surface area contributed by atoms with Gasteiger partial charge in [0.05, 0.1) is 18.3 Å². The van der Waals surface area contributed by atoms with Crippen LogP contribution in [0.1, 0.15) is 22.0 Å². The average molecular weight is 597 g/mol. The maximum Gasteiger partial charge on any atom is 0.284 e. The molecule has 0 aliphatic carbocycles. The lowest BCUT2D eigenvalue weighted by molar-refractivity contribution is 0.102. The molecule has 14 heteroatoms. The van der Waals surface area contributed by atoms with Crippen LogP contribution >= 0.6 is 0 Å². The number of aliphatic hydroxyl groups excluding tert-OH is 1. The largest absolute Gasteiger partial charge is 0.453 e. The molecule has 2 aromatic carbocycles. The SMILES string of the molecule is O=C(Nc1ccc(Oc2ccnc3[nH]nc(NC(CO)c4cccnc4)c23)c(F)c1)c1ccnn(-c2ccc(F)cc2)c1=O. The van der Waals surface area contributed by atoms with Crippen LogP contribution in [-0.2, 0) is 0 Å². The molecule has 4 heterocycles. The highest BCUT2D eigenvalue weighted by Gasteiger charge is 2.20. The zero-order valence-corrected chi connectivity index (χ0v) is 22.6. The van der Waals surface area contributed by atoms with Crippen LogP contribution in [-0.4, -0.2) is 47.6 Å². The van der Waals surface area contributed by atoms with Crippen molar-refractivity contribution in [3.05, 3.63) is 125 Å². The molecule has 12 nitrogen and oxygen atoms in total. The highest BCUT2D eigenvalue weighted by atomic mass is 19.1. The Kier molecular flexibility index (Phi) is 7.71. The molecule has 44 heavy (non-hydrogen) atoms. The molecule has 0 fully saturated rings. The van der Waals surface area contributed by atoms with Crippen molar-refractivity contribution in [2.24, 2.45) is 0 Å². The van der Waals surface area contributed by atoms with Gasteiger partial charge in [0.15, 0.2) is 23.0 Å². The summed E-state index contributed by atoms with van der Waals surface area (Å²) >= 11 is 0. The van der Waals surface area contributed by atoms with Crippen LogP contribution in [0.25, 0.3) is 16.7 Å². The van der Waals surface area contributed by atoms with Crippen molar-refractivity contribution in [3.63, 3.8) is 0 Å². The van der Waals surface area contributed by atoms with Crippen LogP contribution < -0.4 is 20.9 Å². The molecule has 0 aliphatic rings. The maximum absolute atomic E-state index is 15.2. The minimum Gasteiger partial charge on any atom is -0.453 e. The summed E-state index contributed by atoms with van der Waals surface area (Å²) < 4.78 is 35.4. The fourth-order valence-corrected chi connectivity index (χ4v) is 4.42. The normalized spacial score (nSPS) is 11.7. The fourth-order valence-electron chi connectivity index (χ4n) is 4.42. The van der Waals surface area contributed by atoms with Crippen LogP contribution in [0.3, 0.4) is 0 Å². The zero-order chi connectivity index (χ0) is 30.6. The molecule has 4 aromatic heterocycles. The monoisotopic (exact) mass is 596 g/mol. The van der Waals surface area contributed by atoms with E-state index >= 15 is 4.39 Å². The number of ether oxygens (including phenoxy) is 1. The standard InChI is InChI=1S/C30H22F2N8O4/c31-18-3-6-20(7-4-18)40-30(43)21(9-13-35-40)29(42)36-19-5-8-24(22(32)14-19)44-25-10-12-34-27-26(25)28(39-38-27)37-23(16-41)17-2-1-11-33-15-17/h1-15,23,41H,16H2,(H,36,42)(H2,34,37,38,39). The van der Waals surface area contributed by atoms with E-state index in [1.807, 2.05) is 0 Å². The third kappa shape index (κ3) is 5.69. The third-order valence-corrected chi connectivity index (χ3v) is 6.58. The number of amides is 1. The summed E-state index contributed by atoms with van der Waals surface area (Å²) in [7, 11) is 0. The van der Waals surface area contributed by atoms with Crippen LogP contribution in [0.4, 0.5) is 20.3 Å². The van der Waals surface area contributed by atoms with E-state index in [1.54, 1.807) is 24.5 Å². The number of aromatic amines is 1. The maximum atomic E-state index is 15.2. The second-order valence-corrected chi connectivity index (χ2v) is 9.41. The Balaban J connectivity index is 1.22. The van der Waals surface area contributed by atoms with Crippen molar-refractivity contribution < 1.29 is 23.4 Å². The number of carbonyl (C=O) groups is 1. The first kappa shape index (κ1) is 28.1. The number of aliphatic hydroxyl groups is 1. The van der Waals surface area contributed by atoms with Crippen molar-refractivity contribution in [1.82, 2.24) is 29.9 Å². The molecule has 1 amide bonds. The summed E-state index contributed by atoms with van der Waals surface area (Å²) in [6, 6.07) is 14.6. The Morgan fingerprint density at radius 2 is 1.86 bits per heavy atom. The molecule has 0 bridgehead atoms. The first-order valence-corrected chi connectivity index (χ1v) is 13.1. The van der Waals surface area contributed by atoms with Crippen LogP contribution in [0.15, 0.2) is 96.3 Å². The van der Waals surface area contributed by atoms with Crippen LogP contribution in [0, 0.1) is 11.6 Å². The number of aromatic nitrogens is 6. The number of pyridine rings is 2. The molecule has 0 saturated heterocycles. The van der Waals surface area contributed by atoms with E-state index in [4.69, 9.17) is 4.74 Å². The first-order valence-electron chi connectivity index (χ1n) is 13.1. The van der Waals surface area contributed by atoms with Gasteiger partial charge in [-0.25, -0.2) is 13.8 Å². The number of anilines is 2. The lowest BCUT2D eigenvalue weighted by Gasteiger charge is -2.16. The minimum atomic E-state index is -0.798. The lowest BCUT2D eigenvalue weighted by atomic mass is 10.1. The van der Waals surface area contributed by atoms with Gasteiger partial charge < -0.3 is 20.5 Å². The van der Waals surface area contributed by atoms with E-state index < -0.39 is 29.1 Å². The first-order chi connectivity index (χ1) is 21.4. The van der Waals surface area contributed by atoms with E-state index in [-0.39, 0.29) is 35.0 Å². The zero-order valence-electron chi connectivity index (χ0n) is 22.6. The van der Waals surface area contributed by atoms with E-state index in [0.717, 1.165) is 28.4 Å². The number of hydrogen-bond donors (Lipinski definition) is 4. The molecule has 6 aromatic rings. The van der Waals surface area contributed by atoms with Gasteiger partial charge in [0, 0.05) is 42.6 Å². The smallest absolute Gasteiger partial charge is 0.284 e. The van der Waals surface area contributed by atoms with Crippen molar-refractivity contribution in [3.8, 4) is 17.2 Å². The molecule has 0 aliphatic heterocycles. The number of halogens is 2. The van der Waals surface area contributed by atoms with Gasteiger partial charge in [-0.2, -0.15) is 14.9 Å². The Hall–Kier alpha value is -6.02.